The molecule has 2 aromatic heterocycles. The van der Waals surface area contributed by atoms with Gasteiger partial charge in [0.05, 0.1) is 24.6 Å². The Bertz CT molecular complexity index is 1360. The Kier molecular flexibility index (Phi) is 8.82. The second-order valence-electron chi connectivity index (χ2n) is 11.9. The minimum absolute atomic E-state index is 0.0167. The van der Waals surface area contributed by atoms with Gasteiger partial charge >= 0.3 is 0 Å². The third-order valence-electron chi connectivity index (χ3n) is 9.09. The van der Waals surface area contributed by atoms with Gasteiger partial charge in [0.15, 0.2) is 5.65 Å². The molecule has 3 aliphatic rings. The molecule has 1 aromatic carbocycles. The lowest BCUT2D eigenvalue weighted by molar-refractivity contribution is -0.138. The molecule has 3 aromatic rings. The van der Waals surface area contributed by atoms with Gasteiger partial charge in [0.2, 0.25) is 17.8 Å². The second kappa shape index (κ2) is 12.9. The van der Waals surface area contributed by atoms with E-state index in [1.807, 2.05) is 4.90 Å². The fourth-order valence-corrected chi connectivity index (χ4v) is 6.65. The molecule has 11 nitrogen and oxygen atoms in total. The summed E-state index contributed by atoms with van der Waals surface area (Å²) in [5, 5.41) is 25.7. The summed E-state index contributed by atoms with van der Waals surface area (Å²) in [4.78, 5) is 31.7. The number of anilines is 3. The van der Waals surface area contributed by atoms with Gasteiger partial charge in [0.1, 0.15) is 11.3 Å². The first-order valence-corrected chi connectivity index (χ1v) is 15.3. The van der Waals surface area contributed by atoms with E-state index >= 15 is 0 Å². The lowest BCUT2D eigenvalue weighted by Gasteiger charge is -2.38. The molecule has 1 aliphatic heterocycles. The molecule has 6 rings (SSSR count). The predicted molar refractivity (Wildman–Crippen MR) is 158 cm³/mol. The highest BCUT2D eigenvalue weighted by Gasteiger charge is 2.33. The molecular formula is C30H41FN8O3. The van der Waals surface area contributed by atoms with Crippen molar-refractivity contribution in [2.75, 3.05) is 50.0 Å². The van der Waals surface area contributed by atoms with Gasteiger partial charge < -0.3 is 25.7 Å². The van der Waals surface area contributed by atoms with E-state index in [4.69, 9.17) is 9.97 Å². The summed E-state index contributed by atoms with van der Waals surface area (Å²) in [6.07, 6.45) is 7.79. The van der Waals surface area contributed by atoms with E-state index in [0.29, 0.717) is 48.4 Å². The molecule has 0 radical (unpaired) electrons. The molecule has 0 spiro atoms. The van der Waals surface area contributed by atoms with E-state index in [-0.39, 0.29) is 42.4 Å². The van der Waals surface area contributed by atoms with Crippen molar-refractivity contribution in [3.8, 4) is 0 Å². The minimum atomic E-state index is -0.363. The van der Waals surface area contributed by atoms with Crippen molar-refractivity contribution in [1.29, 1.82) is 0 Å². The number of halogens is 1. The van der Waals surface area contributed by atoms with Crippen molar-refractivity contribution in [3.63, 3.8) is 0 Å². The van der Waals surface area contributed by atoms with Crippen LogP contribution in [0.1, 0.15) is 57.4 Å². The van der Waals surface area contributed by atoms with Gasteiger partial charge in [-0.05, 0) is 63.5 Å². The van der Waals surface area contributed by atoms with Crippen molar-refractivity contribution >= 4 is 34.7 Å². The Morgan fingerprint density at radius 1 is 0.976 bits per heavy atom. The van der Waals surface area contributed by atoms with Crippen LogP contribution in [0.15, 0.2) is 30.5 Å². The molecule has 0 atom stereocenters. The van der Waals surface area contributed by atoms with Crippen LogP contribution >= 0.6 is 0 Å². The van der Waals surface area contributed by atoms with E-state index < -0.39 is 0 Å². The van der Waals surface area contributed by atoms with E-state index in [9.17, 15) is 19.4 Å². The number of β-amino-alcohol motifs (C(OH)–C–C–N with tert-alkyl or cyclic N) is 1. The van der Waals surface area contributed by atoms with Crippen LogP contribution in [0.4, 0.5) is 22.0 Å². The van der Waals surface area contributed by atoms with Crippen LogP contribution < -0.4 is 10.6 Å². The van der Waals surface area contributed by atoms with Crippen LogP contribution in [0.25, 0.3) is 11.2 Å². The Hall–Kier alpha value is -3.35. The number of rotatable bonds is 8. The number of nitrogens with one attached hydrogen (secondary N) is 2. The summed E-state index contributed by atoms with van der Waals surface area (Å²) < 4.78 is 16.7. The number of aliphatic hydroxyl groups excluding tert-OH is 2. The van der Waals surface area contributed by atoms with Crippen molar-refractivity contribution in [2.45, 2.75) is 69.6 Å². The Morgan fingerprint density at radius 3 is 2.43 bits per heavy atom. The van der Waals surface area contributed by atoms with Gasteiger partial charge in [-0.1, -0.05) is 12.1 Å². The monoisotopic (exact) mass is 580 g/mol. The molecule has 1 saturated heterocycles. The number of fused-ring (bicyclic) bond motifs is 1. The molecule has 42 heavy (non-hydrogen) atoms. The van der Waals surface area contributed by atoms with Gasteiger partial charge in [-0.2, -0.15) is 4.98 Å². The number of nitrogens with zero attached hydrogens (tertiary/aromatic N) is 6. The summed E-state index contributed by atoms with van der Waals surface area (Å²) in [5.41, 5.74) is 1.64. The molecule has 0 unspecified atom stereocenters. The van der Waals surface area contributed by atoms with Crippen molar-refractivity contribution in [1.82, 2.24) is 29.3 Å². The average molecular weight is 581 g/mol. The van der Waals surface area contributed by atoms with Gasteiger partial charge in [0, 0.05) is 50.7 Å². The van der Waals surface area contributed by atoms with Gasteiger partial charge in [-0.3, -0.25) is 14.3 Å². The first-order chi connectivity index (χ1) is 20.5. The second-order valence-corrected chi connectivity index (χ2v) is 11.9. The van der Waals surface area contributed by atoms with E-state index in [2.05, 4.69) is 25.1 Å². The number of hydrogen-bond donors (Lipinski definition) is 4. The first-order valence-electron chi connectivity index (χ1n) is 15.3. The van der Waals surface area contributed by atoms with Crippen molar-refractivity contribution in [2.24, 2.45) is 5.92 Å². The van der Waals surface area contributed by atoms with Gasteiger partial charge in [-0.25, -0.2) is 14.4 Å². The number of hydrogen-bond acceptors (Lipinski definition) is 9. The number of carbonyl (C=O) groups excluding carboxylic acids is 1. The zero-order valence-corrected chi connectivity index (χ0v) is 24.0. The SMILES string of the molecule is O=C(C1CCC(n2c(Nc3ccccc3F)nc3cnc(N[C@H]4CC[C@H](O)CC4)nc32)CC1)N1CCN(CCO)CC1. The average Bonchev–Trinajstić information content (AvgIpc) is 3.37. The molecule has 2 saturated carbocycles. The highest BCUT2D eigenvalue weighted by atomic mass is 19.1. The minimum Gasteiger partial charge on any atom is -0.395 e. The van der Waals surface area contributed by atoms with E-state index in [1.165, 1.54) is 6.07 Å². The van der Waals surface area contributed by atoms with Crippen LogP contribution in [0.2, 0.25) is 0 Å². The Labute approximate surface area is 245 Å². The van der Waals surface area contributed by atoms with Crippen LogP contribution in [0, 0.1) is 11.7 Å². The lowest BCUT2D eigenvalue weighted by atomic mass is 9.85. The maximum absolute atomic E-state index is 14.6. The molecule has 0 bridgehead atoms. The van der Waals surface area contributed by atoms with Gasteiger partial charge in [-0.15, -0.1) is 0 Å². The fourth-order valence-electron chi connectivity index (χ4n) is 6.65. The maximum Gasteiger partial charge on any atom is 0.225 e. The zero-order chi connectivity index (χ0) is 29.1. The number of benzene rings is 1. The molecular weight excluding hydrogens is 539 g/mol. The zero-order valence-electron chi connectivity index (χ0n) is 24.0. The number of carbonyl (C=O) groups is 1. The molecule has 1 amide bonds. The summed E-state index contributed by atoms with van der Waals surface area (Å²) in [6, 6.07) is 6.78. The first kappa shape index (κ1) is 28.8. The standard InChI is InChI=1S/C30H41FN8O3/c31-24-3-1-2-4-25(24)34-30-35-26-19-32-29(33-21-7-11-23(41)12-8-21)36-27(26)39(30)22-9-5-20(6-10-22)28(42)38-15-13-37(14-16-38)17-18-40/h1-4,19-23,40-41H,5-18H2,(H,34,35)(H,32,33,36)/t20?,21-,22?,23-. The predicted octanol–water partition coefficient (Wildman–Crippen LogP) is 3.29. The largest absolute Gasteiger partial charge is 0.395 e. The fraction of sp³-hybridized carbons (Fsp3) is 0.600. The van der Waals surface area contributed by atoms with Crippen LogP contribution in [0.5, 0.6) is 0 Å². The number of piperazine rings is 1. The molecule has 4 N–H and O–H groups in total. The third kappa shape index (κ3) is 6.35. The van der Waals surface area contributed by atoms with Crippen LogP contribution in [0.3, 0.4) is 0 Å². The Morgan fingerprint density at radius 2 is 1.71 bits per heavy atom. The van der Waals surface area contributed by atoms with Gasteiger partial charge in [0.25, 0.3) is 0 Å². The molecule has 3 fully saturated rings. The summed E-state index contributed by atoms with van der Waals surface area (Å²) >= 11 is 0. The quantitative estimate of drug-likeness (QED) is 0.317. The molecule has 2 aliphatic carbocycles. The van der Waals surface area contributed by atoms with E-state index in [1.54, 1.807) is 24.4 Å². The topological polar surface area (TPSA) is 132 Å². The normalized spacial score (nSPS) is 25.5. The smallest absolute Gasteiger partial charge is 0.225 e. The van der Waals surface area contributed by atoms with Crippen molar-refractivity contribution < 1.29 is 19.4 Å². The summed E-state index contributed by atoms with van der Waals surface area (Å²) in [5.74, 6) is 0.877. The lowest BCUT2D eigenvalue weighted by Crippen LogP contribution is -2.51. The molecule has 226 valence electrons. The number of amides is 1. The maximum atomic E-state index is 14.6. The summed E-state index contributed by atoms with van der Waals surface area (Å²) in [6.45, 7) is 3.79. The van der Waals surface area contributed by atoms with Crippen molar-refractivity contribution in [3.05, 3.63) is 36.3 Å². The highest BCUT2D eigenvalue weighted by Crippen LogP contribution is 2.38. The van der Waals surface area contributed by atoms with Crippen LogP contribution in [-0.4, -0.2) is 96.9 Å². The Balaban J connectivity index is 1.21. The number of imidazole rings is 1. The third-order valence-corrected chi connectivity index (χ3v) is 9.09. The summed E-state index contributed by atoms with van der Waals surface area (Å²) in [7, 11) is 0. The number of aromatic nitrogens is 4. The molecule has 3 heterocycles. The molecule has 12 heteroatoms. The van der Waals surface area contributed by atoms with Crippen LogP contribution in [-0.2, 0) is 4.79 Å². The highest BCUT2D eigenvalue weighted by molar-refractivity contribution is 5.79. The number of para-hydroxylation sites is 1. The number of aliphatic hydroxyl groups is 2. The van der Waals surface area contributed by atoms with E-state index in [0.717, 1.165) is 64.5 Å².